The lowest BCUT2D eigenvalue weighted by Crippen LogP contribution is -2.23. The maximum Gasteiger partial charge on any atom is 0.100 e. The SMILES string of the molecule is Cc1ccsc1C(C)(O)Cc1ccc(Br)cc1. The van der Waals surface area contributed by atoms with E-state index in [4.69, 9.17) is 0 Å². The second-order valence-corrected chi connectivity index (χ2v) is 6.34. The highest BCUT2D eigenvalue weighted by Crippen LogP contribution is 2.32. The van der Waals surface area contributed by atoms with Crippen molar-refractivity contribution in [2.45, 2.75) is 25.9 Å². The molecular formula is C14H15BrOS. The molecule has 0 saturated carbocycles. The van der Waals surface area contributed by atoms with Crippen LogP contribution in [-0.4, -0.2) is 5.11 Å². The summed E-state index contributed by atoms with van der Waals surface area (Å²) in [4.78, 5) is 1.06. The zero-order chi connectivity index (χ0) is 12.5. The monoisotopic (exact) mass is 310 g/mol. The molecule has 2 rings (SSSR count). The Morgan fingerprint density at radius 2 is 1.88 bits per heavy atom. The smallest absolute Gasteiger partial charge is 0.100 e. The Morgan fingerprint density at radius 1 is 1.24 bits per heavy atom. The molecule has 1 aromatic heterocycles. The van der Waals surface area contributed by atoms with Gasteiger partial charge in [0.25, 0.3) is 0 Å². The highest BCUT2D eigenvalue weighted by Gasteiger charge is 2.26. The lowest BCUT2D eigenvalue weighted by molar-refractivity contribution is 0.0609. The Hall–Kier alpha value is -0.640. The molecule has 0 bridgehead atoms. The van der Waals surface area contributed by atoms with Crippen molar-refractivity contribution >= 4 is 27.3 Å². The van der Waals surface area contributed by atoms with Gasteiger partial charge in [-0.05, 0) is 48.6 Å². The number of aryl methyl sites for hydroxylation is 1. The van der Waals surface area contributed by atoms with Crippen LogP contribution < -0.4 is 0 Å². The van der Waals surface area contributed by atoms with Gasteiger partial charge in [-0.3, -0.25) is 0 Å². The van der Waals surface area contributed by atoms with Crippen LogP contribution in [0.3, 0.4) is 0 Å². The van der Waals surface area contributed by atoms with Gasteiger partial charge in [0, 0.05) is 15.8 Å². The molecule has 1 heterocycles. The fourth-order valence-corrected chi connectivity index (χ4v) is 3.26. The molecule has 0 spiro atoms. The van der Waals surface area contributed by atoms with Crippen LogP contribution in [0.2, 0.25) is 0 Å². The maximum absolute atomic E-state index is 10.6. The minimum absolute atomic E-state index is 0.641. The molecule has 0 radical (unpaired) electrons. The Labute approximate surface area is 114 Å². The van der Waals surface area contributed by atoms with Gasteiger partial charge in [-0.1, -0.05) is 28.1 Å². The summed E-state index contributed by atoms with van der Waals surface area (Å²) < 4.78 is 1.06. The van der Waals surface area contributed by atoms with E-state index in [1.54, 1.807) is 11.3 Å². The highest BCUT2D eigenvalue weighted by atomic mass is 79.9. The van der Waals surface area contributed by atoms with Crippen LogP contribution in [0.4, 0.5) is 0 Å². The van der Waals surface area contributed by atoms with E-state index in [1.807, 2.05) is 43.5 Å². The van der Waals surface area contributed by atoms with E-state index >= 15 is 0 Å². The second kappa shape index (κ2) is 4.92. The van der Waals surface area contributed by atoms with E-state index in [0.29, 0.717) is 6.42 Å². The van der Waals surface area contributed by atoms with E-state index in [1.165, 1.54) is 0 Å². The number of rotatable bonds is 3. The molecule has 90 valence electrons. The van der Waals surface area contributed by atoms with Crippen molar-refractivity contribution in [3.8, 4) is 0 Å². The van der Waals surface area contributed by atoms with Gasteiger partial charge in [-0.25, -0.2) is 0 Å². The van der Waals surface area contributed by atoms with Crippen LogP contribution >= 0.6 is 27.3 Å². The van der Waals surface area contributed by atoms with Crippen molar-refractivity contribution < 1.29 is 5.11 Å². The Bertz CT molecular complexity index is 499. The molecule has 2 aromatic rings. The third-order valence-corrected chi connectivity index (χ3v) is 4.61. The molecule has 0 saturated heterocycles. The first kappa shape index (κ1) is 12.8. The lowest BCUT2D eigenvalue weighted by Gasteiger charge is -2.23. The maximum atomic E-state index is 10.6. The number of thiophene rings is 1. The minimum Gasteiger partial charge on any atom is -0.384 e. The minimum atomic E-state index is -0.786. The van der Waals surface area contributed by atoms with Gasteiger partial charge in [-0.2, -0.15) is 0 Å². The van der Waals surface area contributed by atoms with Crippen molar-refractivity contribution in [1.29, 1.82) is 0 Å². The predicted octanol–water partition coefficient (Wildman–Crippen LogP) is 4.27. The normalized spacial score (nSPS) is 14.6. The van der Waals surface area contributed by atoms with Crippen molar-refractivity contribution in [2.75, 3.05) is 0 Å². The number of benzene rings is 1. The number of aliphatic hydroxyl groups is 1. The molecule has 0 aliphatic carbocycles. The third-order valence-electron chi connectivity index (χ3n) is 2.81. The molecule has 0 aliphatic rings. The van der Waals surface area contributed by atoms with Crippen molar-refractivity contribution in [3.05, 3.63) is 56.2 Å². The molecule has 0 fully saturated rings. The average molecular weight is 311 g/mol. The second-order valence-electron chi connectivity index (χ2n) is 4.51. The molecule has 0 amide bonds. The van der Waals surface area contributed by atoms with E-state index in [9.17, 15) is 5.11 Å². The largest absolute Gasteiger partial charge is 0.384 e. The zero-order valence-electron chi connectivity index (χ0n) is 9.90. The van der Waals surface area contributed by atoms with Gasteiger partial charge >= 0.3 is 0 Å². The third kappa shape index (κ3) is 2.97. The summed E-state index contributed by atoms with van der Waals surface area (Å²) in [5, 5.41) is 12.6. The molecule has 0 aliphatic heterocycles. The van der Waals surface area contributed by atoms with Crippen LogP contribution in [-0.2, 0) is 12.0 Å². The molecule has 1 N–H and O–H groups in total. The first-order valence-electron chi connectivity index (χ1n) is 5.50. The topological polar surface area (TPSA) is 20.2 Å². The van der Waals surface area contributed by atoms with Gasteiger partial charge < -0.3 is 5.11 Å². The summed E-state index contributed by atoms with van der Waals surface area (Å²) >= 11 is 5.03. The van der Waals surface area contributed by atoms with E-state index in [-0.39, 0.29) is 0 Å². The molecular weight excluding hydrogens is 296 g/mol. The highest BCUT2D eigenvalue weighted by molar-refractivity contribution is 9.10. The summed E-state index contributed by atoms with van der Waals surface area (Å²) in [6, 6.07) is 10.2. The zero-order valence-corrected chi connectivity index (χ0v) is 12.3. The molecule has 17 heavy (non-hydrogen) atoms. The Kier molecular flexibility index (Phi) is 3.71. The first-order valence-corrected chi connectivity index (χ1v) is 7.18. The van der Waals surface area contributed by atoms with E-state index in [2.05, 4.69) is 22.0 Å². The number of halogens is 1. The first-order chi connectivity index (χ1) is 7.99. The van der Waals surface area contributed by atoms with Gasteiger partial charge in [0.05, 0.1) is 0 Å². The quantitative estimate of drug-likeness (QED) is 0.897. The molecule has 1 unspecified atom stereocenters. The van der Waals surface area contributed by atoms with Crippen LogP contribution in [0, 0.1) is 6.92 Å². The summed E-state index contributed by atoms with van der Waals surface area (Å²) in [7, 11) is 0. The van der Waals surface area contributed by atoms with Crippen molar-refractivity contribution in [3.63, 3.8) is 0 Å². The Morgan fingerprint density at radius 3 is 2.41 bits per heavy atom. The van der Waals surface area contributed by atoms with Gasteiger partial charge in [-0.15, -0.1) is 11.3 Å². The Balaban J connectivity index is 2.23. The fourth-order valence-electron chi connectivity index (χ4n) is 2.00. The summed E-state index contributed by atoms with van der Waals surface area (Å²) in [6.45, 7) is 3.93. The standard InChI is InChI=1S/C14H15BrOS/c1-10-7-8-17-13(10)14(2,16)9-11-3-5-12(15)6-4-11/h3-8,16H,9H2,1-2H3. The molecule has 3 heteroatoms. The van der Waals surface area contributed by atoms with Crippen LogP contribution in [0.5, 0.6) is 0 Å². The lowest BCUT2D eigenvalue weighted by atomic mass is 9.93. The number of hydrogen-bond donors (Lipinski definition) is 1. The van der Waals surface area contributed by atoms with E-state index in [0.717, 1.165) is 20.5 Å². The van der Waals surface area contributed by atoms with Crippen molar-refractivity contribution in [1.82, 2.24) is 0 Å². The summed E-state index contributed by atoms with van der Waals surface area (Å²) in [5.74, 6) is 0. The fraction of sp³-hybridized carbons (Fsp3) is 0.286. The van der Waals surface area contributed by atoms with Crippen LogP contribution in [0.1, 0.15) is 22.9 Å². The van der Waals surface area contributed by atoms with Crippen molar-refractivity contribution in [2.24, 2.45) is 0 Å². The van der Waals surface area contributed by atoms with Crippen LogP contribution in [0.25, 0.3) is 0 Å². The molecule has 1 aromatic carbocycles. The van der Waals surface area contributed by atoms with E-state index < -0.39 is 5.60 Å². The average Bonchev–Trinajstić information content (AvgIpc) is 2.68. The predicted molar refractivity (Wildman–Crippen MR) is 76.5 cm³/mol. The molecule has 1 nitrogen and oxygen atoms in total. The summed E-state index contributed by atoms with van der Waals surface area (Å²) in [5.41, 5.74) is 1.52. The summed E-state index contributed by atoms with van der Waals surface area (Å²) in [6.07, 6.45) is 0.641. The van der Waals surface area contributed by atoms with Gasteiger partial charge in [0.15, 0.2) is 0 Å². The number of hydrogen-bond acceptors (Lipinski definition) is 2. The van der Waals surface area contributed by atoms with Gasteiger partial charge in [0.2, 0.25) is 0 Å². The molecule has 1 atom stereocenters. The van der Waals surface area contributed by atoms with Crippen LogP contribution in [0.15, 0.2) is 40.2 Å². The van der Waals surface area contributed by atoms with Gasteiger partial charge in [0.1, 0.15) is 5.60 Å².